The Morgan fingerprint density at radius 3 is 2.50 bits per heavy atom. The zero-order chi connectivity index (χ0) is 20.0. The molecule has 3 aromatic rings. The normalized spacial score (nSPS) is 16.9. The van der Waals surface area contributed by atoms with Gasteiger partial charge >= 0.3 is 0 Å². The lowest BCUT2D eigenvalue weighted by Gasteiger charge is -2.24. The first-order valence-corrected chi connectivity index (χ1v) is 10.5. The van der Waals surface area contributed by atoms with E-state index in [1.165, 1.54) is 27.6 Å². The van der Waals surface area contributed by atoms with E-state index in [1.54, 1.807) is 41.8 Å². The fourth-order valence-electron chi connectivity index (χ4n) is 3.09. The summed E-state index contributed by atoms with van der Waals surface area (Å²) in [7, 11) is 0. The molecular formula is C20H15ClN2O3S2. The number of hydrogen-bond acceptors (Lipinski definition) is 6. The SMILES string of the molecule is Cc1nc(N2C(=O)C(O)=C(C(=O)c3cccs3)[C@H]2c2ccc(Cl)cc2)sc1C. The quantitative estimate of drug-likeness (QED) is 0.573. The van der Waals surface area contributed by atoms with Gasteiger partial charge in [-0.1, -0.05) is 29.8 Å². The van der Waals surface area contributed by atoms with Crippen LogP contribution in [0.2, 0.25) is 5.02 Å². The molecule has 0 aliphatic carbocycles. The van der Waals surface area contributed by atoms with Gasteiger partial charge < -0.3 is 5.11 Å². The molecule has 1 N–H and O–H groups in total. The van der Waals surface area contributed by atoms with E-state index in [0.717, 1.165) is 10.6 Å². The molecule has 142 valence electrons. The van der Waals surface area contributed by atoms with Gasteiger partial charge in [0.2, 0.25) is 5.78 Å². The van der Waals surface area contributed by atoms with Crippen LogP contribution in [0.15, 0.2) is 53.1 Å². The molecule has 2 aromatic heterocycles. The molecule has 28 heavy (non-hydrogen) atoms. The minimum Gasteiger partial charge on any atom is -0.503 e. The first kappa shape index (κ1) is 18.9. The van der Waals surface area contributed by atoms with Crippen LogP contribution in [0, 0.1) is 13.8 Å². The lowest BCUT2D eigenvalue weighted by atomic mass is 9.95. The van der Waals surface area contributed by atoms with Crippen molar-refractivity contribution in [2.75, 3.05) is 4.90 Å². The van der Waals surface area contributed by atoms with E-state index < -0.39 is 17.7 Å². The summed E-state index contributed by atoms with van der Waals surface area (Å²) in [5, 5.41) is 13.4. The highest BCUT2D eigenvalue weighted by Crippen LogP contribution is 2.44. The van der Waals surface area contributed by atoms with E-state index >= 15 is 0 Å². The summed E-state index contributed by atoms with van der Waals surface area (Å²) in [6.45, 7) is 3.78. The Bertz CT molecular complexity index is 1080. The van der Waals surface area contributed by atoms with Crippen LogP contribution in [0.3, 0.4) is 0 Å². The van der Waals surface area contributed by atoms with Crippen LogP contribution in [0.4, 0.5) is 5.13 Å². The van der Waals surface area contributed by atoms with Crippen molar-refractivity contribution in [1.29, 1.82) is 0 Å². The Morgan fingerprint density at radius 2 is 1.93 bits per heavy atom. The molecule has 1 atom stereocenters. The molecule has 0 saturated heterocycles. The fourth-order valence-corrected chi connectivity index (χ4v) is 4.83. The number of aryl methyl sites for hydroxylation is 2. The molecule has 0 radical (unpaired) electrons. The molecule has 0 saturated carbocycles. The number of aliphatic hydroxyl groups excluding tert-OH is 1. The lowest BCUT2D eigenvalue weighted by molar-refractivity contribution is -0.117. The number of anilines is 1. The average Bonchev–Trinajstić information content (AvgIpc) is 3.37. The second-order valence-electron chi connectivity index (χ2n) is 6.34. The molecule has 0 fully saturated rings. The van der Waals surface area contributed by atoms with E-state index in [0.29, 0.717) is 20.6 Å². The summed E-state index contributed by atoms with van der Waals surface area (Å²) in [4.78, 5) is 33.4. The van der Waals surface area contributed by atoms with Crippen molar-refractivity contribution in [2.24, 2.45) is 0 Å². The number of carbonyl (C=O) groups excluding carboxylic acids is 2. The highest BCUT2D eigenvalue weighted by atomic mass is 35.5. The molecule has 0 unspecified atom stereocenters. The summed E-state index contributed by atoms with van der Waals surface area (Å²) >= 11 is 8.63. The number of aromatic nitrogens is 1. The minimum absolute atomic E-state index is 0.0558. The van der Waals surface area contributed by atoms with E-state index in [2.05, 4.69) is 4.98 Å². The number of aliphatic hydroxyl groups is 1. The number of Topliss-reactive ketones (excluding diaryl/α,β-unsaturated/α-hetero) is 1. The van der Waals surface area contributed by atoms with Gasteiger partial charge in [0.1, 0.15) is 0 Å². The van der Waals surface area contributed by atoms with Crippen molar-refractivity contribution >= 4 is 51.1 Å². The Morgan fingerprint density at radius 1 is 1.21 bits per heavy atom. The van der Waals surface area contributed by atoms with E-state index in [1.807, 2.05) is 13.8 Å². The van der Waals surface area contributed by atoms with Crippen LogP contribution in [-0.2, 0) is 4.79 Å². The molecule has 0 spiro atoms. The van der Waals surface area contributed by atoms with Crippen molar-refractivity contribution in [3.63, 3.8) is 0 Å². The molecule has 0 bridgehead atoms. The Labute approximate surface area is 174 Å². The smallest absolute Gasteiger partial charge is 0.296 e. The van der Waals surface area contributed by atoms with Crippen molar-refractivity contribution in [2.45, 2.75) is 19.9 Å². The monoisotopic (exact) mass is 430 g/mol. The Kier molecular flexibility index (Phi) is 4.82. The highest BCUT2D eigenvalue weighted by molar-refractivity contribution is 7.16. The molecule has 1 aromatic carbocycles. The van der Waals surface area contributed by atoms with E-state index in [9.17, 15) is 14.7 Å². The summed E-state index contributed by atoms with van der Waals surface area (Å²) in [5.74, 6) is -1.54. The molecule has 1 aliphatic rings. The van der Waals surface area contributed by atoms with E-state index in [-0.39, 0.29) is 11.4 Å². The van der Waals surface area contributed by atoms with Gasteiger partial charge in [-0.15, -0.1) is 22.7 Å². The number of ketones is 1. The largest absolute Gasteiger partial charge is 0.503 e. The van der Waals surface area contributed by atoms with E-state index in [4.69, 9.17) is 11.6 Å². The number of halogens is 1. The molecular weight excluding hydrogens is 416 g/mol. The average molecular weight is 431 g/mol. The fraction of sp³-hybridized carbons (Fsp3) is 0.150. The second-order valence-corrected chi connectivity index (χ2v) is 8.90. The number of amides is 1. The molecule has 1 amide bonds. The zero-order valence-corrected chi connectivity index (χ0v) is 17.4. The Hall–Kier alpha value is -2.48. The number of nitrogens with zero attached hydrogens (tertiary/aromatic N) is 2. The van der Waals surface area contributed by atoms with Crippen molar-refractivity contribution in [3.8, 4) is 0 Å². The van der Waals surface area contributed by atoms with Crippen molar-refractivity contribution < 1.29 is 14.7 Å². The van der Waals surface area contributed by atoms with Crippen LogP contribution in [0.5, 0.6) is 0 Å². The Balaban J connectivity index is 1.89. The first-order chi connectivity index (χ1) is 13.4. The standard InChI is InChI=1S/C20H15ClN2O3S2/c1-10-11(2)28-20(22-10)23-16(12-5-7-13(21)8-6-12)15(18(25)19(23)26)17(24)14-4-3-9-27-14/h3-9,16,25H,1-2H3/t16-/m1/s1. The zero-order valence-electron chi connectivity index (χ0n) is 15.0. The third kappa shape index (κ3) is 3.05. The number of carbonyl (C=O) groups is 2. The summed E-state index contributed by atoms with van der Waals surface area (Å²) < 4.78 is 0. The maximum atomic E-state index is 13.1. The number of hydrogen-bond donors (Lipinski definition) is 1. The van der Waals surface area contributed by atoms with Gasteiger partial charge in [-0.3, -0.25) is 14.5 Å². The lowest BCUT2D eigenvalue weighted by Crippen LogP contribution is -2.30. The van der Waals surface area contributed by atoms with Gasteiger partial charge in [-0.25, -0.2) is 4.98 Å². The third-order valence-electron chi connectivity index (χ3n) is 4.61. The number of thiazole rings is 1. The van der Waals surface area contributed by atoms with Gasteiger partial charge in [-0.2, -0.15) is 0 Å². The van der Waals surface area contributed by atoms with Crippen LogP contribution >= 0.6 is 34.3 Å². The molecule has 8 heteroatoms. The molecule has 1 aliphatic heterocycles. The summed E-state index contributed by atoms with van der Waals surface area (Å²) in [6, 6.07) is 9.55. The second kappa shape index (κ2) is 7.16. The van der Waals surface area contributed by atoms with Gasteiger partial charge in [0.15, 0.2) is 10.9 Å². The molecule has 3 heterocycles. The van der Waals surface area contributed by atoms with Gasteiger partial charge in [-0.05, 0) is 43.0 Å². The number of benzene rings is 1. The predicted molar refractivity (Wildman–Crippen MR) is 112 cm³/mol. The summed E-state index contributed by atoms with van der Waals surface area (Å²) in [6.07, 6.45) is 0. The topological polar surface area (TPSA) is 70.5 Å². The van der Waals surface area contributed by atoms with Gasteiger partial charge in [0, 0.05) is 9.90 Å². The molecule has 5 nitrogen and oxygen atoms in total. The first-order valence-electron chi connectivity index (χ1n) is 8.43. The van der Waals surface area contributed by atoms with Crippen LogP contribution in [0.1, 0.15) is 31.8 Å². The van der Waals surface area contributed by atoms with Crippen LogP contribution in [-0.4, -0.2) is 21.8 Å². The predicted octanol–water partition coefficient (Wildman–Crippen LogP) is 5.26. The van der Waals surface area contributed by atoms with Crippen molar-refractivity contribution in [3.05, 3.63) is 79.1 Å². The minimum atomic E-state index is -0.774. The maximum Gasteiger partial charge on any atom is 0.296 e. The number of rotatable bonds is 4. The van der Waals surface area contributed by atoms with Crippen LogP contribution < -0.4 is 4.90 Å². The third-order valence-corrected chi connectivity index (χ3v) is 6.80. The van der Waals surface area contributed by atoms with Gasteiger partial charge in [0.25, 0.3) is 5.91 Å². The van der Waals surface area contributed by atoms with Crippen LogP contribution in [0.25, 0.3) is 0 Å². The maximum absolute atomic E-state index is 13.1. The van der Waals surface area contributed by atoms with Gasteiger partial charge in [0.05, 0.1) is 22.2 Å². The number of thiophene rings is 1. The summed E-state index contributed by atoms with van der Waals surface area (Å²) in [5.41, 5.74) is 1.53. The highest BCUT2D eigenvalue weighted by Gasteiger charge is 2.46. The molecule has 4 rings (SSSR count). The van der Waals surface area contributed by atoms with Crippen molar-refractivity contribution in [1.82, 2.24) is 4.98 Å².